The van der Waals surface area contributed by atoms with E-state index < -0.39 is 0 Å². The number of aromatic hydroxyl groups is 1. The minimum atomic E-state index is 0. The number of phenols is 1. The van der Waals surface area contributed by atoms with Crippen LogP contribution in [0, 0.1) is 19.9 Å². The Morgan fingerprint density at radius 1 is 0.944 bits per heavy atom. The van der Waals surface area contributed by atoms with Crippen molar-refractivity contribution >= 4 is 32.7 Å². The molecule has 36 heavy (non-hydrogen) atoms. The van der Waals surface area contributed by atoms with Gasteiger partial charge in [0.15, 0.2) is 0 Å². The quantitative estimate of drug-likeness (QED) is 0.205. The number of aryl methyl sites for hydroxylation is 3. The standard InChI is InChI=1S/C30H24N3O2.Pt/c1-4-20-16-21(35-27-13-12-22-18(2)15-19(3)30(34)29(22)32-27)17-25-28(20)23-9-5-6-10-24(23)33(25)26-11-7-8-14-31-26;/h5-16,34H,4H2,1-3H3;/q-1;. The van der Waals surface area contributed by atoms with Crippen LogP contribution in [0.3, 0.4) is 0 Å². The second-order valence-corrected chi connectivity index (χ2v) is 8.78. The topological polar surface area (TPSA) is 60.2 Å². The monoisotopic (exact) mass is 653 g/mol. The van der Waals surface area contributed by atoms with Crippen molar-refractivity contribution in [3.63, 3.8) is 0 Å². The van der Waals surface area contributed by atoms with Crippen molar-refractivity contribution in [2.45, 2.75) is 27.2 Å². The summed E-state index contributed by atoms with van der Waals surface area (Å²) in [7, 11) is 0. The maximum absolute atomic E-state index is 10.6. The van der Waals surface area contributed by atoms with Crippen LogP contribution in [-0.2, 0) is 27.5 Å². The van der Waals surface area contributed by atoms with E-state index in [0.717, 1.165) is 56.1 Å². The number of aromatic nitrogens is 3. The van der Waals surface area contributed by atoms with Gasteiger partial charge in [-0.05, 0) is 54.6 Å². The molecule has 0 aliphatic carbocycles. The summed E-state index contributed by atoms with van der Waals surface area (Å²) in [5.41, 5.74) is 5.55. The predicted molar refractivity (Wildman–Crippen MR) is 140 cm³/mol. The van der Waals surface area contributed by atoms with Gasteiger partial charge in [0, 0.05) is 50.0 Å². The summed E-state index contributed by atoms with van der Waals surface area (Å²) in [6, 6.07) is 25.5. The molecule has 182 valence electrons. The van der Waals surface area contributed by atoms with Crippen molar-refractivity contribution in [2.75, 3.05) is 0 Å². The molecule has 3 aromatic heterocycles. The van der Waals surface area contributed by atoms with Crippen LogP contribution in [0.1, 0.15) is 23.6 Å². The molecule has 0 atom stereocenters. The van der Waals surface area contributed by atoms with Crippen molar-refractivity contribution < 1.29 is 30.9 Å². The molecule has 5 nitrogen and oxygen atoms in total. The number of phenolic OH excluding ortho intramolecular Hbond substituents is 1. The van der Waals surface area contributed by atoms with Crippen LogP contribution in [0.5, 0.6) is 17.4 Å². The summed E-state index contributed by atoms with van der Waals surface area (Å²) in [5.74, 6) is 2.00. The summed E-state index contributed by atoms with van der Waals surface area (Å²) >= 11 is 0. The molecule has 1 N–H and O–H groups in total. The van der Waals surface area contributed by atoms with Crippen molar-refractivity contribution in [2.24, 2.45) is 0 Å². The molecule has 3 heterocycles. The third kappa shape index (κ3) is 3.84. The number of rotatable bonds is 4. The zero-order valence-corrected chi connectivity index (χ0v) is 22.4. The molecule has 6 heteroatoms. The molecule has 0 saturated heterocycles. The number of benzene rings is 3. The fraction of sp³-hybridized carbons (Fsp3) is 0.133. The van der Waals surface area contributed by atoms with Gasteiger partial charge >= 0.3 is 0 Å². The Kier molecular flexibility index (Phi) is 6.27. The maximum atomic E-state index is 10.6. The second kappa shape index (κ2) is 9.40. The van der Waals surface area contributed by atoms with Crippen LogP contribution < -0.4 is 4.74 Å². The Balaban J connectivity index is 0.00000267. The number of fused-ring (bicyclic) bond motifs is 4. The van der Waals surface area contributed by atoms with Gasteiger partial charge in [-0.2, -0.15) is 0 Å². The first-order chi connectivity index (χ1) is 17.0. The number of hydrogen-bond donors (Lipinski definition) is 1. The third-order valence-electron chi connectivity index (χ3n) is 6.54. The molecule has 0 bridgehead atoms. The average molecular weight is 654 g/mol. The van der Waals surface area contributed by atoms with Crippen LogP contribution >= 0.6 is 0 Å². The third-order valence-corrected chi connectivity index (χ3v) is 6.54. The van der Waals surface area contributed by atoms with Gasteiger partial charge in [0.2, 0.25) is 5.88 Å². The van der Waals surface area contributed by atoms with E-state index >= 15 is 0 Å². The SMILES string of the molecule is CCc1cc(Oc2ccc3c(C)cc(C)c(O)c3n2)[c-]c2c1c1ccccc1n2-c1ccccn1.[Pt]. The molecule has 3 aromatic carbocycles. The first kappa shape index (κ1) is 24.0. The maximum Gasteiger partial charge on any atom is 0.217 e. The van der Waals surface area contributed by atoms with E-state index in [1.807, 2.05) is 62.4 Å². The van der Waals surface area contributed by atoms with E-state index in [2.05, 4.69) is 45.7 Å². The molecule has 6 rings (SSSR count). The Hall–Kier alpha value is -3.69. The first-order valence-corrected chi connectivity index (χ1v) is 11.7. The first-order valence-electron chi connectivity index (χ1n) is 11.7. The molecule has 0 amide bonds. The van der Waals surface area contributed by atoms with Gasteiger partial charge < -0.3 is 14.4 Å². The van der Waals surface area contributed by atoms with Crippen LogP contribution in [0.15, 0.2) is 72.9 Å². The molecule has 6 aromatic rings. The zero-order chi connectivity index (χ0) is 24.1. The molecule has 0 radical (unpaired) electrons. The zero-order valence-electron chi connectivity index (χ0n) is 20.1. The van der Waals surface area contributed by atoms with Crippen molar-refractivity contribution in [3.8, 4) is 23.2 Å². The molecule has 0 fully saturated rings. The second-order valence-electron chi connectivity index (χ2n) is 8.78. The summed E-state index contributed by atoms with van der Waals surface area (Å²) in [5, 5.41) is 13.8. The summed E-state index contributed by atoms with van der Waals surface area (Å²) in [6.45, 7) is 6.04. The van der Waals surface area contributed by atoms with Gasteiger partial charge in [-0.15, -0.1) is 17.7 Å². The molecule has 0 spiro atoms. The molecule has 0 unspecified atom stereocenters. The Bertz CT molecular complexity index is 1740. The number of nitrogens with zero attached hydrogens (tertiary/aromatic N) is 3. The fourth-order valence-electron chi connectivity index (χ4n) is 4.89. The van der Waals surface area contributed by atoms with Gasteiger partial charge in [0.05, 0.1) is 0 Å². The van der Waals surface area contributed by atoms with E-state index in [4.69, 9.17) is 4.74 Å². The molecular weight excluding hydrogens is 629 g/mol. The molecular formula is C30H24N3O2Pt-. The Labute approximate surface area is 223 Å². The molecule has 0 saturated carbocycles. The van der Waals surface area contributed by atoms with Gasteiger partial charge in [-0.3, -0.25) is 0 Å². The van der Waals surface area contributed by atoms with E-state index in [9.17, 15) is 5.11 Å². The number of pyridine rings is 2. The van der Waals surface area contributed by atoms with E-state index in [1.54, 1.807) is 6.20 Å². The van der Waals surface area contributed by atoms with Crippen molar-refractivity contribution in [1.82, 2.24) is 14.5 Å². The Morgan fingerprint density at radius 3 is 2.53 bits per heavy atom. The van der Waals surface area contributed by atoms with E-state index in [0.29, 0.717) is 17.1 Å². The van der Waals surface area contributed by atoms with Gasteiger partial charge in [0.25, 0.3) is 0 Å². The van der Waals surface area contributed by atoms with Crippen LogP contribution in [0.4, 0.5) is 0 Å². The van der Waals surface area contributed by atoms with Gasteiger partial charge in [0.1, 0.15) is 17.1 Å². The minimum Gasteiger partial charge on any atom is -0.505 e. The van der Waals surface area contributed by atoms with Crippen molar-refractivity contribution in [3.05, 3.63) is 95.7 Å². The molecule has 0 aliphatic heterocycles. The number of hydrogen-bond acceptors (Lipinski definition) is 4. The normalized spacial score (nSPS) is 11.2. The minimum absolute atomic E-state index is 0. The van der Waals surface area contributed by atoms with Gasteiger partial charge in [-0.25, -0.2) is 9.97 Å². The number of ether oxygens (including phenoxy) is 1. The van der Waals surface area contributed by atoms with Crippen LogP contribution in [0.2, 0.25) is 0 Å². The number of para-hydroxylation sites is 1. The van der Waals surface area contributed by atoms with Gasteiger partial charge in [-0.1, -0.05) is 54.6 Å². The largest absolute Gasteiger partial charge is 0.505 e. The summed E-state index contributed by atoms with van der Waals surface area (Å²) in [6.07, 6.45) is 2.63. The Morgan fingerprint density at radius 2 is 1.75 bits per heavy atom. The van der Waals surface area contributed by atoms with Crippen molar-refractivity contribution in [1.29, 1.82) is 0 Å². The fourth-order valence-corrected chi connectivity index (χ4v) is 4.89. The summed E-state index contributed by atoms with van der Waals surface area (Å²) in [4.78, 5) is 9.25. The van der Waals surface area contributed by atoms with E-state index in [1.165, 1.54) is 0 Å². The predicted octanol–water partition coefficient (Wildman–Crippen LogP) is 7.20. The summed E-state index contributed by atoms with van der Waals surface area (Å²) < 4.78 is 8.38. The van der Waals surface area contributed by atoms with Crippen LogP contribution in [0.25, 0.3) is 38.5 Å². The molecule has 0 aliphatic rings. The van der Waals surface area contributed by atoms with Crippen LogP contribution in [-0.4, -0.2) is 19.6 Å². The smallest absolute Gasteiger partial charge is 0.217 e. The average Bonchev–Trinajstić information content (AvgIpc) is 3.21. The van der Waals surface area contributed by atoms with E-state index in [-0.39, 0.29) is 26.8 Å².